The Morgan fingerprint density at radius 2 is 1.91 bits per heavy atom. The van der Waals surface area contributed by atoms with Crippen LogP contribution >= 0.6 is 0 Å². The van der Waals surface area contributed by atoms with Gasteiger partial charge in [-0.25, -0.2) is 9.78 Å². The van der Waals surface area contributed by atoms with Gasteiger partial charge in [0.1, 0.15) is 17.1 Å². The van der Waals surface area contributed by atoms with Gasteiger partial charge in [-0.3, -0.25) is 4.90 Å². The molecule has 0 saturated heterocycles. The lowest BCUT2D eigenvalue weighted by Gasteiger charge is -2.20. The van der Waals surface area contributed by atoms with E-state index in [1.807, 2.05) is 52.1 Å². The summed E-state index contributed by atoms with van der Waals surface area (Å²) >= 11 is 0. The number of carbonyl (C=O) groups excluding carboxylic acids is 1. The Labute approximate surface area is 190 Å². The summed E-state index contributed by atoms with van der Waals surface area (Å²) in [6, 6.07) is 14.4. The highest BCUT2D eigenvalue weighted by molar-refractivity contribution is 6.00. The van der Waals surface area contributed by atoms with E-state index in [2.05, 4.69) is 35.0 Å². The van der Waals surface area contributed by atoms with Crippen LogP contribution in [-0.4, -0.2) is 35.3 Å². The van der Waals surface area contributed by atoms with Gasteiger partial charge in [0, 0.05) is 25.6 Å². The molecule has 6 heteroatoms. The Morgan fingerprint density at radius 1 is 1.19 bits per heavy atom. The molecule has 3 aromatic rings. The Kier molecular flexibility index (Phi) is 6.40. The predicted molar refractivity (Wildman–Crippen MR) is 130 cm³/mol. The standard InChI is InChI=1S/C26H34N4O2/c1-6-32-21-14-12-20(13-15-21)18(4)25-28-24-22(29(5)26(31)27-17(2)3)8-7-9-23(24)30(25)16-19-10-11-19/h7-9,12-15,17-19H,6,10-11,16H2,1-5H3,(H,27,31). The number of nitrogens with one attached hydrogen (secondary N) is 1. The van der Waals surface area contributed by atoms with E-state index in [-0.39, 0.29) is 18.0 Å². The van der Waals surface area contributed by atoms with Crippen molar-refractivity contribution in [2.45, 2.75) is 59.0 Å². The van der Waals surface area contributed by atoms with Crippen LogP contribution in [0.25, 0.3) is 11.0 Å². The summed E-state index contributed by atoms with van der Waals surface area (Å²) in [4.78, 5) is 19.5. The fraction of sp³-hybridized carbons (Fsp3) is 0.462. The molecular formula is C26H34N4O2. The number of carbonyl (C=O) groups is 1. The molecule has 2 aromatic carbocycles. The SMILES string of the molecule is CCOc1ccc(C(C)c2nc3c(N(C)C(=O)NC(C)C)cccc3n2CC2CC2)cc1. The molecule has 6 nitrogen and oxygen atoms in total. The number of anilines is 1. The highest BCUT2D eigenvalue weighted by Crippen LogP contribution is 2.37. The maximum absolute atomic E-state index is 12.7. The summed E-state index contributed by atoms with van der Waals surface area (Å²) in [6.07, 6.45) is 2.54. The molecule has 1 saturated carbocycles. The fourth-order valence-corrected chi connectivity index (χ4v) is 4.12. The van der Waals surface area contributed by atoms with E-state index in [1.54, 1.807) is 4.90 Å². The number of benzene rings is 2. The van der Waals surface area contributed by atoms with Crippen molar-refractivity contribution in [2.24, 2.45) is 5.92 Å². The normalized spacial score (nSPS) is 14.6. The number of hydrogen-bond acceptors (Lipinski definition) is 3. The maximum atomic E-state index is 12.7. The van der Waals surface area contributed by atoms with E-state index in [0.29, 0.717) is 12.5 Å². The molecule has 0 aliphatic heterocycles. The van der Waals surface area contributed by atoms with Crippen molar-refractivity contribution >= 4 is 22.8 Å². The largest absolute Gasteiger partial charge is 0.494 e. The molecule has 0 bridgehead atoms. The van der Waals surface area contributed by atoms with Gasteiger partial charge >= 0.3 is 6.03 Å². The topological polar surface area (TPSA) is 59.4 Å². The molecule has 1 N–H and O–H groups in total. The number of imidazole rings is 1. The molecule has 1 aromatic heterocycles. The van der Waals surface area contributed by atoms with Crippen molar-refractivity contribution in [3.63, 3.8) is 0 Å². The second kappa shape index (κ2) is 9.23. The average molecular weight is 435 g/mol. The van der Waals surface area contributed by atoms with Crippen LogP contribution in [0, 0.1) is 5.92 Å². The molecule has 32 heavy (non-hydrogen) atoms. The quantitative estimate of drug-likeness (QED) is 0.506. The number of nitrogens with zero attached hydrogens (tertiary/aromatic N) is 3. The molecule has 2 amide bonds. The summed E-state index contributed by atoms with van der Waals surface area (Å²) in [7, 11) is 1.81. The van der Waals surface area contributed by atoms with Crippen LogP contribution in [0.2, 0.25) is 0 Å². The minimum atomic E-state index is -0.120. The number of aromatic nitrogens is 2. The number of para-hydroxylation sites is 1. The zero-order valence-corrected chi connectivity index (χ0v) is 19.8. The number of urea groups is 1. The summed E-state index contributed by atoms with van der Waals surface area (Å²) in [5.74, 6) is 2.76. The summed E-state index contributed by atoms with van der Waals surface area (Å²) in [6.45, 7) is 9.76. The van der Waals surface area contributed by atoms with Gasteiger partial charge in [0.25, 0.3) is 0 Å². The second-order valence-corrected chi connectivity index (χ2v) is 9.06. The van der Waals surface area contributed by atoms with Gasteiger partial charge in [0.15, 0.2) is 0 Å². The highest BCUT2D eigenvalue weighted by atomic mass is 16.5. The molecule has 1 unspecified atom stereocenters. The Morgan fingerprint density at radius 3 is 2.53 bits per heavy atom. The van der Waals surface area contributed by atoms with Gasteiger partial charge < -0.3 is 14.6 Å². The zero-order valence-electron chi connectivity index (χ0n) is 19.8. The zero-order chi connectivity index (χ0) is 22.8. The number of ether oxygens (including phenoxy) is 1. The van der Waals surface area contributed by atoms with Crippen LogP contribution in [0.1, 0.15) is 57.8 Å². The molecule has 1 heterocycles. The lowest BCUT2D eigenvalue weighted by atomic mass is 10.00. The third-order valence-electron chi connectivity index (χ3n) is 6.08. The van der Waals surface area contributed by atoms with Gasteiger partial charge in [-0.2, -0.15) is 0 Å². The number of amides is 2. The first kappa shape index (κ1) is 22.2. The monoisotopic (exact) mass is 434 g/mol. The molecule has 170 valence electrons. The van der Waals surface area contributed by atoms with Crippen molar-refractivity contribution < 1.29 is 9.53 Å². The highest BCUT2D eigenvalue weighted by Gasteiger charge is 2.27. The van der Waals surface area contributed by atoms with E-state index in [0.717, 1.165) is 34.8 Å². The van der Waals surface area contributed by atoms with Crippen molar-refractivity contribution in [3.05, 3.63) is 53.9 Å². The molecule has 1 aliphatic rings. The Hall–Kier alpha value is -3.02. The van der Waals surface area contributed by atoms with Gasteiger partial charge in [-0.1, -0.05) is 25.1 Å². The van der Waals surface area contributed by atoms with Gasteiger partial charge in [-0.05, 0) is 69.4 Å². The van der Waals surface area contributed by atoms with Crippen LogP contribution in [0.5, 0.6) is 5.75 Å². The summed E-state index contributed by atoms with van der Waals surface area (Å²) in [5, 5.41) is 2.97. The van der Waals surface area contributed by atoms with Gasteiger partial charge in [0.05, 0.1) is 17.8 Å². The summed E-state index contributed by atoms with van der Waals surface area (Å²) < 4.78 is 7.97. The van der Waals surface area contributed by atoms with E-state index in [1.165, 1.54) is 18.4 Å². The third kappa shape index (κ3) is 4.59. The molecule has 1 atom stereocenters. The fourth-order valence-electron chi connectivity index (χ4n) is 4.12. The van der Waals surface area contributed by atoms with Crippen molar-refractivity contribution in [2.75, 3.05) is 18.6 Å². The molecule has 0 radical (unpaired) electrons. The lowest BCUT2D eigenvalue weighted by Crippen LogP contribution is -2.40. The molecular weight excluding hydrogens is 400 g/mol. The maximum Gasteiger partial charge on any atom is 0.321 e. The molecule has 0 spiro atoms. The summed E-state index contributed by atoms with van der Waals surface area (Å²) in [5.41, 5.74) is 4.00. The minimum absolute atomic E-state index is 0.0758. The number of hydrogen-bond donors (Lipinski definition) is 1. The Balaban J connectivity index is 1.75. The minimum Gasteiger partial charge on any atom is -0.494 e. The smallest absolute Gasteiger partial charge is 0.321 e. The van der Waals surface area contributed by atoms with Crippen LogP contribution < -0.4 is 15.0 Å². The third-order valence-corrected chi connectivity index (χ3v) is 6.08. The van der Waals surface area contributed by atoms with Crippen LogP contribution in [0.15, 0.2) is 42.5 Å². The molecule has 4 rings (SSSR count). The Bertz CT molecular complexity index is 1080. The van der Waals surface area contributed by atoms with E-state index in [9.17, 15) is 4.79 Å². The first-order valence-corrected chi connectivity index (χ1v) is 11.6. The van der Waals surface area contributed by atoms with Crippen LogP contribution in [-0.2, 0) is 6.54 Å². The van der Waals surface area contributed by atoms with E-state index < -0.39 is 0 Å². The van der Waals surface area contributed by atoms with Crippen molar-refractivity contribution in [3.8, 4) is 5.75 Å². The predicted octanol–water partition coefficient (Wildman–Crippen LogP) is 5.55. The average Bonchev–Trinajstić information content (AvgIpc) is 3.52. The first-order valence-electron chi connectivity index (χ1n) is 11.6. The molecule has 1 aliphatic carbocycles. The first-order chi connectivity index (χ1) is 15.4. The van der Waals surface area contributed by atoms with Crippen LogP contribution in [0.3, 0.4) is 0 Å². The number of rotatable bonds is 8. The van der Waals surface area contributed by atoms with Crippen molar-refractivity contribution in [1.29, 1.82) is 0 Å². The van der Waals surface area contributed by atoms with E-state index >= 15 is 0 Å². The van der Waals surface area contributed by atoms with Gasteiger partial charge in [0.2, 0.25) is 0 Å². The van der Waals surface area contributed by atoms with E-state index in [4.69, 9.17) is 9.72 Å². The van der Waals surface area contributed by atoms with Crippen molar-refractivity contribution in [1.82, 2.24) is 14.9 Å². The van der Waals surface area contributed by atoms with Gasteiger partial charge in [-0.15, -0.1) is 0 Å². The van der Waals surface area contributed by atoms with Crippen LogP contribution in [0.4, 0.5) is 10.5 Å². The lowest BCUT2D eigenvalue weighted by molar-refractivity contribution is 0.245. The molecule has 1 fully saturated rings. The second-order valence-electron chi connectivity index (χ2n) is 9.06. The number of fused-ring (bicyclic) bond motifs is 1.